The Bertz CT molecular complexity index is 227. The van der Waals surface area contributed by atoms with Crippen molar-refractivity contribution in [2.24, 2.45) is 0 Å². The van der Waals surface area contributed by atoms with E-state index in [1.54, 1.807) is 0 Å². The first-order valence-electron chi connectivity index (χ1n) is 5.93. The summed E-state index contributed by atoms with van der Waals surface area (Å²) in [4.78, 5) is 13.7. The summed E-state index contributed by atoms with van der Waals surface area (Å²) in [5.41, 5.74) is 0. The molecule has 1 aliphatic carbocycles. The number of urea groups is 1. The van der Waals surface area contributed by atoms with Crippen molar-refractivity contribution in [2.75, 3.05) is 19.7 Å². The quantitative estimate of drug-likeness (QED) is 0.713. The Balaban J connectivity index is 1.78. The van der Waals surface area contributed by atoms with Gasteiger partial charge in [-0.1, -0.05) is 12.8 Å². The van der Waals surface area contributed by atoms with Gasteiger partial charge >= 0.3 is 6.03 Å². The third-order valence-corrected chi connectivity index (χ3v) is 3.21. The predicted molar refractivity (Wildman–Crippen MR) is 57.8 cm³/mol. The highest BCUT2D eigenvalue weighted by Crippen LogP contribution is 2.18. The lowest BCUT2D eigenvalue weighted by Gasteiger charge is -2.32. The summed E-state index contributed by atoms with van der Waals surface area (Å²) in [6.45, 7) is 4.12. The second kappa shape index (κ2) is 4.84. The highest BCUT2D eigenvalue weighted by Gasteiger charge is 2.24. The Labute approximate surface area is 91.0 Å². The molecule has 0 radical (unpaired) electrons. The molecule has 0 bridgehead atoms. The number of hydrogen-bond donors (Lipinski definition) is 1. The molecule has 0 spiro atoms. The number of morpholine rings is 1. The van der Waals surface area contributed by atoms with E-state index in [9.17, 15) is 4.79 Å². The third kappa shape index (κ3) is 2.84. The summed E-state index contributed by atoms with van der Waals surface area (Å²) < 4.78 is 5.41. The number of carbonyl (C=O) groups is 1. The van der Waals surface area contributed by atoms with Crippen molar-refractivity contribution in [1.29, 1.82) is 0 Å². The first-order valence-corrected chi connectivity index (χ1v) is 5.93. The Hall–Kier alpha value is -0.770. The van der Waals surface area contributed by atoms with E-state index in [0.717, 1.165) is 25.9 Å². The molecule has 1 N–H and O–H groups in total. The zero-order valence-electron chi connectivity index (χ0n) is 9.37. The Morgan fingerprint density at radius 1 is 1.40 bits per heavy atom. The maximum Gasteiger partial charge on any atom is 0.317 e. The molecule has 2 amide bonds. The maximum atomic E-state index is 11.9. The van der Waals surface area contributed by atoms with Crippen LogP contribution in [-0.4, -0.2) is 42.8 Å². The molecule has 4 nitrogen and oxygen atoms in total. The van der Waals surface area contributed by atoms with Gasteiger partial charge in [-0.25, -0.2) is 4.79 Å². The van der Waals surface area contributed by atoms with Gasteiger partial charge in [0.05, 0.1) is 12.7 Å². The van der Waals surface area contributed by atoms with Crippen LogP contribution in [0.3, 0.4) is 0 Å². The number of hydrogen-bond acceptors (Lipinski definition) is 2. The largest absolute Gasteiger partial charge is 0.375 e. The molecule has 0 aromatic rings. The zero-order valence-corrected chi connectivity index (χ0v) is 9.37. The van der Waals surface area contributed by atoms with Gasteiger partial charge in [-0.05, 0) is 19.8 Å². The molecule has 1 heterocycles. The van der Waals surface area contributed by atoms with E-state index in [1.165, 1.54) is 12.8 Å². The smallest absolute Gasteiger partial charge is 0.317 e. The van der Waals surface area contributed by atoms with Crippen molar-refractivity contribution in [3.8, 4) is 0 Å². The predicted octanol–water partition coefficient (Wildman–Crippen LogP) is 1.36. The molecule has 1 saturated heterocycles. The van der Waals surface area contributed by atoms with E-state index in [-0.39, 0.29) is 12.1 Å². The second-order valence-electron chi connectivity index (χ2n) is 4.56. The van der Waals surface area contributed by atoms with Crippen LogP contribution in [0.1, 0.15) is 32.6 Å². The zero-order chi connectivity index (χ0) is 10.7. The van der Waals surface area contributed by atoms with E-state index >= 15 is 0 Å². The summed E-state index contributed by atoms with van der Waals surface area (Å²) in [5, 5.41) is 3.10. The minimum absolute atomic E-state index is 0.0945. The van der Waals surface area contributed by atoms with Gasteiger partial charge in [-0.2, -0.15) is 0 Å². The minimum atomic E-state index is 0.0945. The van der Waals surface area contributed by atoms with Gasteiger partial charge in [0.15, 0.2) is 0 Å². The number of amides is 2. The highest BCUT2D eigenvalue weighted by molar-refractivity contribution is 5.74. The topological polar surface area (TPSA) is 41.6 Å². The fourth-order valence-electron chi connectivity index (χ4n) is 2.34. The number of nitrogens with one attached hydrogen (secondary N) is 1. The van der Waals surface area contributed by atoms with Crippen molar-refractivity contribution < 1.29 is 9.53 Å². The van der Waals surface area contributed by atoms with Crippen LogP contribution in [-0.2, 0) is 4.74 Å². The van der Waals surface area contributed by atoms with Crippen LogP contribution in [0.5, 0.6) is 0 Å². The van der Waals surface area contributed by atoms with E-state index in [2.05, 4.69) is 5.32 Å². The van der Waals surface area contributed by atoms with Gasteiger partial charge in [-0.3, -0.25) is 0 Å². The van der Waals surface area contributed by atoms with Gasteiger partial charge in [0.25, 0.3) is 0 Å². The Kier molecular flexibility index (Phi) is 3.46. The molecule has 1 saturated carbocycles. The van der Waals surface area contributed by atoms with Crippen LogP contribution in [0.2, 0.25) is 0 Å². The van der Waals surface area contributed by atoms with Gasteiger partial charge in [-0.15, -0.1) is 0 Å². The van der Waals surface area contributed by atoms with Crippen LogP contribution in [0.4, 0.5) is 4.79 Å². The van der Waals surface area contributed by atoms with Crippen molar-refractivity contribution in [1.82, 2.24) is 10.2 Å². The molecule has 2 fully saturated rings. The molecular weight excluding hydrogens is 192 g/mol. The standard InChI is InChI=1S/C11H20N2O2/c1-9-8-13(6-7-15-9)11(14)12-10-4-2-3-5-10/h9-10H,2-8H2,1H3,(H,12,14). The minimum Gasteiger partial charge on any atom is -0.375 e. The second-order valence-corrected chi connectivity index (χ2v) is 4.56. The molecular formula is C11H20N2O2. The molecule has 1 aliphatic heterocycles. The summed E-state index contributed by atoms with van der Waals surface area (Å²) in [5.74, 6) is 0. The lowest BCUT2D eigenvalue weighted by atomic mass is 10.2. The fraction of sp³-hybridized carbons (Fsp3) is 0.909. The van der Waals surface area contributed by atoms with Crippen LogP contribution >= 0.6 is 0 Å². The van der Waals surface area contributed by atoms with Crippen LogP contribution in [0.15, 0.2) is 0 Å². The van der Waals surface area contributed by atoms with Crippen LogP contribution in [0, 0.1) is 0 Å². The van der Waals surface area contributed by atoms with E-state index in [4.69, 9.17) is 4.74 Å². The summed E-state index contributed by atoms with van der Waals surface area (Å²) >= 11 is 0. The number of ether oxygens (including phenoxy) is 1. The van der Waals surface area contributed by atoms with E-state index in [0.29, 0.717) is 12.6 Å². The number of nitrogens with zero attached hydrogens (tertiary/aromatic N) is 1. The first-order chi connectivity index (χ1) is 7.25. The van der Waals surface area contributed by atoms with Gasteiger partial charge in [0.2, 0.25) is 0 Å². The van der Waals surface area contributed by atoms with Gasteiger partial charge in [0, 0.05) is 19.1 Å². The molecule has 2 aliphatic rings. The molecule has 4 heteroatoms. The monoisotopic (exact) mass is 212 g/mol. The van der Waals surface area contributed by atoms with E-state index < -0.39 is 0 Å². The summed E-state index contributed by atoms with van der Waals surface area (Å²) in [6, 6.07) is 0.507. The fourth-order valence-corrected chi connectivity index (χ4v) is 2.34. The molecule has 86 valence electrons. The normalized spacial score (nSPS) is 28.1. The molecule has 1 atom stereocenters. The lowest BCUT2D eigenvalue weighted by Crippen LogP contribution is -2.50. The lowest BCUT2D eigenvalue weighted by molar-refractivity contribution is -0.00384. The van der Waals surface area contributed by atoms with Crippen molar-refractivity contribution in [3.05, 3.63) is 0 Å². The average molecular weight is 212 g/mol. The summed E-state index contributed by atoms with van der Waals surface area (Å²) in [7, 11) is 0. The Morgan fingerprint density at radius 3 is 2.80 bits per heavy atom. The van der Waals surface area contributed by atoms with Gasteiger partial charge < -0.3 is 15.0 Å². The molecule has 0 aromatic carbocycles. The Morgan fingerprint density at radius 2 is 2.13 bits per heavy atom. The SMILES string of the molecule is CC1CN(C(=O)NC2CCCC2)CCO1. The van der Waals surface area contributed by atoms with Crippen LogP contribution in [0.25, 0.3) is 0 Å². The maximum absolute atomic E-state index is 11.9. The highest BCUT2D eigenvalue weighted by atomic mass is 16.5. The van der Waals surface area contributed by atoms with Crippen molar-refractivity contribution in [3.63, 3.8) is 0 Å². The molecule has 0 aromatic heterocycles. The molecule has 2 rings (SSSR count). The van der Waals surface area contributed by atoms with E-state index in [1.807, 2.05) is 11.8 Å². The molecule has 15 heavy (non-hydrogen) atoms. The van der Waals surface area contributed by atoms with Gasteiger partial charge in [0.1, 0.15) is 0 Å². The van der Waals surface area contributed by atoms with Crippen molar-refractivity contribution in [2.45, 2.75) is 44.8 Å². The van der Waals surface area contributed by atoms with Crippen molar-refractivity contribution >= 4 is 6.03 Å². The molecule has 1 unspecified atom stereocenters. The summed E-state index contributed by atoms with van der Waals surface area (Å²) in [6.07, 6.45) is 4.97. The number of carbonyl (C=O) groups excluding carboxylic acids is 1. The first kappa shape index (κ1) is 10.7. The van der Waals surface area contributed by atoms with Crippen LogP contribution < -0.4 is 5.32 Å². The average Bonchev–Trinajstić information content (AvgIpc) is 2.70. The third-order valence-electron chi connectivity index (χ3n) is 3.21. The number of rotatable bonds is 1.